The molecule has 0 saturated carbocycles. The molecule has 0 fully saturated rings. The van der Waals surface area contributed by atoms with Crippen LogP contribution in [0.4, 0.5) is 0 Å². The van der Waals surface area contributed by atoms with Gasteiger partial charge in [0.25, 0.3) is 0 Å². The highest BCUT2D eigenvalue weighted by Gasteiger charge is 2.28. The van der Waals surface area contributed by atoms with E-state index in [4.69, 9.17) is 4.74 Å². The number of nitrogens with zero attached hydrogens (tertiary/aromatic N) is 2. The van der Waals surface area contributed by atoms with Gasteiger partial charge in [0, 0.05) is 26.9 Å². The highest BCUT2D eigenvalue weighted by atomic mass is 16.6. The van der Waals surface area contributed by atoms with Gasteiger partial charge in [-0.05, 0) is 17.7 Å². The Balaban J connectivity index is 2.59. The lowest BCUT2D eigenvalue weighted by Gasteiger charge is -2.09. The van der Waals surface area contributed by atoms with Crippen molar-refractivity contribution in [3.63, 3.8) is 0 Å². The van der Waals surface area contributed by atoms with E-state index >= 15 is 0 Å². The van der Waals surface area contributed by atoms with Crippen molar-refractivity contribution >= 4 is 16.9 Å². The first-order valence-electron chi connectivity index (χ1n) is 6.36. The Morgan fingerprint density at radius 3 is 2.45 bits per heavy atom. The fourth-order valence-corrected chi connectivity index (χ4v) is 2.43. The highest BCUT2D eigenvalue weighted by Crippen LogP contribution is 2.29. The van der Waals surface area contributed by atoms with E-state index in [9.17, 15) is 25.0 Å². The zero-order chi connectivity index (χ0) is 16.3. The number of H-pyrrole nitrogens is 1. The molecule has 0 saturated heterocycles. The van der Waals surface area contributed by atoms with E-state index in [-0.39, 0.29) is 5.56 Å². The van der Waals surface area contributed by atoms with E-state index < -0.39 is 34.8 Å². The minimum absolute atomic E-state index is 0.216. The summed E-state index contributed by atoms with van der Waals surface area (Å²) in [5.74, 6) is -1.54. The van der Waals surface area contributed by atoms with E-state index in [0.29, 0.717) is 16.5 Å². The molecule has 0 unspecified atom stereocenters. The number of ether oxygens (including phenoxy) is 1. The molecule has 0 amide bonds. The third-order valence-electron chi connectivity index (χ3n) is 3.32. The maximum atomic E-state index is 11.8. The van der Waals surface area contributed by atoms with Crippen LogP contribution in [0.2, 0.25) is 0 Å². The number of nitrogens with one attached hydrogen (secondary N) is 1. The average Bonchev–Trinajstić information content (AvgIpc) is 2.88. The van der Waals surface area contributed by atoms with Crippen LogP contribution in [0.1, 0.15) is 21.8 Å². The van der Waals surface area contributed by atoms with Crippen molar-refractivity contribution in [2.45, 2.75) is 5.92 Å². The number of carbonyl (C=O) groups excluding carboxylic acids is 1. The maximum absolute atomic E-state index is 11.8. The fraction of sp³-hybridized carbons (Fsp3) is 0.308. The van der Waals surface area contributed by atoms with Crippen molar-refractivity contribution in [2.75, 3.05) is 20.2 Å². The van der Waals surface area contributed by atoms with Gasteiger partial charge >= 0.3 is 5.97 Å². The Kier molecular flexibility index (Phi) is 4.35. The van der Waals surface area contributed by atoms with Crippen LogP contribution in [0.3, 0.4) is 0 Å². The van der Waals surface area contributed by atoms with Crippen molar-refractivity contribution < 1.29 is 19.4 Å². The monoisotopic (exact) mass is 307 g/mol. The van der Waals surface area contributed by atoms with Gasteiger partial charge in [-0.3, -0.25) is 20.2 Å². The molecular weight excluding hydrogens is 294 g/mol. The Morgan fingerprint density at radius 2 is 1.91 bits per heavy atom. The van der Waals surface area contributed by atoms with Crippen molar-refractivity contribution in [3.8, 4) is 0 Å². The van der Waals surface area contributed by atoms with E-state index in [1.54, 1.807) is 12.1 Å². The molecule has 2 aromatic rings. The molecule has 0 aliphatic carbocycles. The lowest BCUT2D eigenvalue weighted by atomic mass is 9.96. The zero-order valence-electron chi connectivity index (χ0n) is 11.6. The molecule has 2 rings (SSSR count). The van der Waals surface area contributed by atoms with E-state index in [2.05, 4.69) is 4.98 Å². The Hall–Kier alpha value is -2.97. The van der Waals surface area contributed by atoms with Crippen molar-refractivity contribution in [2.24, 2.45) is 0 Å². The molecule has 0 bridgehead atoms. The lowest BCUT2D eigenvalue weighted by Crippen LogP contribution is -2.21. The number of aromatic nitrogens is 1. The molecule has 0 atom stereocenters. The second-order valence-corrected chi connectivity index (χ2v) is 4.69. The highest BCUT2D eigenvalue weighted by molar-refractivity contribution is 6.05. The molecule has 9 heteroatoms. The predicted molar refractivity (Wildman–Crippen MR) is 76.1 cm³/mol. The number of hydrogen-bond donors (Lipinski definition) is 1. The summed E-state index contributed by atoms with van der Waals surface area (Å²) in [5, 5.41) is 22.0. The van der Waals surface area contributed by atoms with Gasteiger partial charge in [-0.15, -0.1) is 0 Å². The topological polar surface area (TPSA) is 128 Å². The maximum Gasteiger partial charge on any atom is 0.338 e. The zero-order valence-corrected chi connectivity index (χ0v) is 11.6. The third-order valence-corrected chi connectivity index (χ3v) is 3.32. The largest absolute Gasteiger partial charge is 0.465 e. The van der Waals surface area contributed by atoms with Crippen LogP contribution in [-0.4, -0.2) is 41.0 Å². The molecule has 0 aliphatic heterocycles. The van der Waals surface area contributed by atoms with Crippen LogP contribution < -0.4 is 0 Å². The van der Waals surface area contributed by atoms with Crippen molar-refractivity contribution in [1.29, 1.82) is 0 Å². The van der Waals surface area contributed by atoms with Crippen molar-refractivity contribution in [1.82, 2.24) is 4.98 Å². The van der Waals surface area contributed by atoms with E-state index in [1.807, 2.05) is 0 Å². The number of rotatable bonds is 6. The summed E-state index contributed by atoms with van der Waals surface area (Å²) in [7, 11) is 1.22. The van der Waals surface area contributed by atoms with Gasteiger partial charge in [-0.25, -0.2) is 4.79 Å². The SMILES string of the molecule is COC(=O)c1cccc2[nH]cc(C(C[N+](=O)[O-])C[N+](=O)[O-])c12. The normalized spacial score (nSPS) is 10.8. The number of aromatic amines is 1. The summed E-state index contributed by atoms with van der Waals surface area (Å²) < 4.78 is 4.69. The smallest absolute Gasteiger partial charge is 0.338 e. The van der Waals surface area contributed by atoms with Gasteiger partial charge in [0.15, 0.2) is 0 Å². The molecule has 1 heterocycles. The first kappa shape index (κ1) is 15.4. The fourth-order valence-electron chi connectivity index (χ4n) is 2.43. The summed E-state index contributed by atoms with van der Waals surface area (Å²) in [6.45, 7) is -1.19. The first-order chi connectivity index (χ1) is 10.4. The van der Waals surface area contributed by atoms with Gasteiger partial charge in [-0.2, -0.15) is 0 Å². The number of benzene rings is 1. The van der Waals surface area contributed by atoms with Crippen molar-refractivity contribution in [3.05, 3.63) is 55.8 Å². The predicted octanol–water partition coefficient (Wildman–Crippen LogP) is 1.59. The molecule has 0 radical (unpaired) electrons. The molecule has 1 aromatic heterocycles. The van der Waals surface area contributed by atoms with Crippen LogP contribution in [-0.2, 0) is 4.74 Å². The Bertz CT molecular complexity index is 722. The molecular formula is C13H13N3O6. The van der Waals surface area contributed by atoms with Crippen LogP contribution in [0, 0.1) is 20.2 Å². The quantitative estimate of drug-likeness (QED) is 0.490. The van der Waals surface area contributed by atoms with Gasteiger partial charge in [0.2, 0.25) is 13.1 Å². The standard InChI is InChI=1S/C13H13N3O6/c1-22-13(17)9-3-2-4-11-12(9)10(5-14-11)8(6-15(18)19)7-16(20)21/h2-5,8,14H,6-7H2,1H3. The molecule has 1 N–H and O–H groups in total. The number of hydrogen-bond acceptors (Lipinski definition) is 6. The van der Waals surface area contributed by atoms with Crippen LogP contribution in [0.5, 0.6) is 0 Å². The average molecular weight is 307 g/mol. The summed E-state index contributed by atoms with van der Waals surface area (Å²) in [4.78, 5) is 35.1. The summed E-state index contributed by atoms with van der Waals surface area (Å²) in [6.07, 6.45) is 1.47. The van der Waals surface area contributed by atoms with Gasteiger partial charge < -0.3 is 9.72 Å². The number of nitro groups is 2. The van der Waals surface area contributed by atoms with E-state index in [0.717, 1.165) is 0 Å². The molecule has 116 valence electrons. The Morgan fingerprint density at radius 1 is 1.27 bits per heavy atom. The third kappa shape index (κ3) is 3.03. The minimum atomic E-state index is -0.940. The molecule has 0 spiro atoms. The van der Waals surface area contributed by atoms with Gasteiger partial charge in [0.05, 0.1) is 12.7 Å². The van der Waals surface area contributed by atoms with Gasteiger partial charge in [-0.1, -0.05) is 6.07 Å². The van der Waals surface area contributed by atoms with E-state index in [1.165, 1.54) is 19.4 Å². The number of fused-ring (bicyclic) bond motifs is 1. The Labute approximate surface area is 124 Å². The number of methoxy groups -OCH3 is 1. The van der Waals surface area contributed by atoms with Crippen LogP contribution in [0.15, 0.2) is 24.4 Å². The first-order valence-corrected chi connectivity index (χ1v) is 6.36. The number of esters is 1. The molecule has 22 heavy (non-hydrogen) atoms. The second-order valence-electron chi connectivity index (χ2n) is 4.69. The molecule has 9 nitrogen and oxygen atoms in total. The summed E-state index contributed by atoms with van der Waals surface area (Å²) in [5.41, 5.74) is 1.15. The molecule has 0 aliphatic rings. The molecule has 1 aromatic carbocycles. The summed E-state index contributed by atoms with van der Waals surface area (Å²) in [6, 6.07) is 4.83. The lowest BCUT2D eigenvalue weighted by molar-refractivity contribution is -0.516. The number of carbonyl (C=O) groups is 1. The minimum Gasteiger partial charge on any atom is -0.465 e. The van der Waals surface area contributed by atoms with Crippen LogP contribution >= 0.6 is 0 Å². The van der Waals surface area contributed by atoms with Gasteiger partial charge in [0.1, 0.15) is 5.92 Å². The summed E-state index contributed by atoms with van der Waals surface area (Å²) >= 11 is 0. The van der Waals surface area contributed by atoms with Crippen LogP contribution in [0.25, 0.3) is 10.9 Å². The second kappa shape index (κ2) is 6.20.